The van der Waals surface area contributed by atoms with Crippen molar-refractivity contribution in [3.63, 3.8) is 0 Å². The molecule has 0 spiro atoms. The molecular formula is C20H20Cl2N4O2S. The highest BCUT2D eigenvalue weighted by Crippen LogP contribution is 2.25. The Morgan fingerprint density at radius 1 is 1.17 bits per heavy atom. The summed E-state index contributed by atoms with van der Waals surface area (Å²) in [4.78, 5) is 16.4. The molecule has 2 N–H and O–H groups in total. The van der Waals surface area contributed by atoms with E-state index in [1.807, 2.05) is 24.3 Å². The lowest BCUT2D eigenvalue weighted by Crippen LogP contribution is -2.14. The maximum absolute atomic E-state index is 12.1. The zero-order valence-corrected chi connectivity index (χ0v) is 18.2. The summed E-state index contributed by atoms with van der Waals surface area (Å²) < 4.78 is 5.72. The topological polar surface area (TPSA) is 79.9 Å². The Bertz CT molecular complexity index is 977. The van der Waals surface area contributed by atoms with Gasteiger partial charge in [-0.25, -0.2) is 4.98 Å². The molecular weight excluding hydrogens is 431 g/mol. The number of nitrogens with one attached hydrogen (secondary N) is 2. The third kappa shape index (κ3) is 6.39. The van der Waals surface area contributed by atoms with Crippen molar-refractivity contribution in [2.45, 2.75) is 31.5 Å². The molecule has 1 amide bonds. The third-order valence-electron chi connectivity index (χ3n) is 3.97. The van der Waals surface area contributed by atoms with Gasteiger partial charge < -0.3 is 10.1 Å². The van der Waals surface area contributed by atoms with Crippen LogP contribution >= 0.6 is 35.0 Å². The first-order valence-corrected chi connectivity index (χ1v) is 10.7. The summed E-state index contributed by atoms with van der Waals surface area (Å²) in [6.07, 6.45) is 0. The van der Waals surface area contributed by atoms with E-state index in [0.29, 0.717) is 32.6 Å². The quantitative estimate of drug-likeness (QED) is 0.440. The Kier molecular flexibility index (Phi) is 7.41. The van der Waals surface area contributed by atoms with Crippen molar-refractivity contribution in [1.82, 2.24) is 15.2 Å². The van der Waals surface area contributed by atoms with Crippen molar-refractivity contribution in [2.24, 2.45) is 0 Å². The Hall–Kier alpha value is -2.22. The van der Waals surface area contributed by atoms with Crippen LogP contribution in [0.3, 0.4) is 0 Å². The van der Waals surface area contributed by atoms with E-state index in [9.17, 15) is 4.79 Å². The summed E-state index contributed by atoms with van der Waals surface area (Å²) in [5.41, 5.74) is 1.84. The molecule has 0 saturated heterocycles. The molecule has 0 unspecified atom stereocenters. The lowest BCUT2D eigenvalue weighted by atomic mass is 10.0. The first-order chi connectivity index (χ1) is 13.9. The Morgan fingerprint density at radius 2 is 1.93 bits per heavy atom. The van der Waals surface area contributed by atoms with Crippen LogP contribution in [0.1, 0.15) is 31.2 Å². The van der Waals surface area contributed by atoms with Gasteiger partial charge in [0.15, 0.2) is 5.82 Å². The summed E-state index contributed by atoms with van der Waals surface area (Å²) in [5.74, 6) is 1.80. The molecule has 0 saturated carbocycles. The molecule has 9 heteroatoms. The van der Waals surface area contributed by atoms with Crippen LogP contribution in [-0.2, 0) is 11.4 Å². The molecule has 0 aliphatic carbocycles. The first kappa shape index (κ1) is 21.5. The number of ether oxygens (including phenoxy) is 1. The number of amides is 1. The summed E-state index contributed by atoms with van der Waals surface area (Å²) >= 11 is 13.0. The van der Waals surface area contributed by atoms with Gasteiger partial charge >= 0.3 is 0 Å². The van der Waals surface area contributed by atoms with Crippen LogP contribution in [0.25, 0.3) is 0 Å². The number of anilines is 1. The van der Waals surface area contributed by atoms with Crippen molar-refractivity contribution in [2.75, 3.05) is 11.1 Å². The number of nitrogens with zero attached hydrogens (tertiary/aromatic N) is 2. The minimum atomic E-state index is -0.193. The zero-order chi connectivity index (χ0) is 20.8. The van der Waals surface area contributed by atoms with E-state index in [1.165, 1.54) is 17.3 Å². The van der Waals surface area contributed by atoms with Crippen molar-refractivity contribution in [3.05, 3.63) is 63.9 Å². The number of hydrogen-bond donors (Lipinski definition) is 2. The second-order valence-corrected chi connectivity index (χ2v) is 8.30. The summed E-state index contributed by atoms with van der Waals surface area (Å²) in [5, 5.41) is 11.0. The molecule has 0 bridgehead atoms. The highest BCUT2D eigenvalue weighted by atomic mass is 35.5. The molecule has 6 nitrogen and oxygen atoms in total. The van der Waals surface area contributed by atoms with Crippen molar-refractivity contribution in [1.29, 1.82) is 0 Å². The van der Waals surface area contributed by atoms with E-state index in [0.717, 1.165) is 5.75 Å². The predicted molar refractivity (Wildman–Crippen MR) is 117 cm³/mol. The average Bonchev–Trinajstić information content (AvgIpc) is 3.16. The number of thioether (sulfide) groups is 1. The van der Waals surface area contributed by atoms with E-state index >= 15 is 0 Å². The maximum atomic E-state index is 12.1. The van der Waals surface area contributed by atoms with Crippen LogP contribution in [0.5, 0.6) is 5.75 Å². The van der Waals surface area contributed by atoms with E-state index < -0.39 is 0 Å². The number of rotatable bonds is 8. The van der Waals surface area contributed by atoms with Gasteiger partial charge in [-0.15, -0.1) is 5.10 Å². The van der Waals surface area contributed by atoms with E-state index in [1.54, 1.807) is 18.2 Å². The fourth-order valence-electron chi connectivity index (χ4n) is 2.41. The SMILES string of the molecule is CC(C)c1ccc(OCc2nc(SCC(=O)Nc3ccc(Cl)c(Cl)c3)n[nH]2)cc1. The fraction of sp³-hybridized carbons (Fsp3) is 0.250. The van der Waals surface area contributed by atoms with Gasteiger partial charge in [-0.3, -0.25) is 9.89 Å². The molecule has 2 aromatic carbocycles. The average molecular weight is 451 g/mol. The number of aromatic nitrogens is 3. The second kappa shape index (κ2) is 10.0. The van der Waals surface area contributed by atoms with E-state index in [-0.39, 0.29) is 18.3 Å². The molecule has 152 valence electrons. The Morgan fingerprint density at radius 3 is 2.62 bits per heavy atom. The molecule has 0 radical (unpaired) electrons. The Balaban J connectivity index is 1.46. The van der Waals surface area contributed by atoms with Crippen molar-refractivity contribution in [3.8, 4) is 5.75 Å². The number of carbonyl (C=O) groups excluding carboxylic acids is 1. The molecule has 0 fully saturated rings. The normalized spacial score (nSPS) is 10.9. The van der Waals surface area contributed by atoms with Crippen molar-refractivity contribution < 1.29 is 9.53 Å². The van der Waals surface area contributed by atoms with Crippen LogP contribution in [-0.4, -0.2) is 26.8 Å². The molecule has 1 aromatic heterocycles. The number of halogens is 2. The molecule has 3 aromatic rings. The lowest BCUT2D eigenvalue weighted by Gasteiger charge is -2.07. The second-order valence-electron chi connectivity index (χ2n) is 6.54. The highest BCUT2D eigenvalue weighted by molar-refractivity contribution is 7.99. The van der Waals surface area contributed by atoms with Gasteiger partial charge in [-0.05, 0) is 41.8 Å². The maximum Gasteiger partial charge on any atom is 0.234 e. The number of hydrogen-bond acceptors (Lipinski definition) is 5. The number of H-pyrrole nitrogens is 1. The van der Waals surface area contributed by atoms with Crippen LogP contribution in [0, 0.1) is 0 Å². The number of benzene rings is 2. The zero-order valence-electron chi connectivity index (χ0n) is 15.9. The molecule has 29 heavy (non-hydrogen) atoms. The van der Waals surface area contributed by atoms with Gasteiger partial charge in [-0.1, -0.05) is 60.9 Å². The third-order valence-corrected chi connectivity index (χ3v) is 5.56. The highest BCUT2D eigenvalue weighted by Gasteiger charge is 2.10. The van der Waals surface area contributed by atoms with Crippen molar-refractivity contribution >= 4 is 46.6 Å². The molecule has 0 atom stereocenters. The van der Waals surface area contributed by atoms with Gasteiger partial charge in [-0.2, -0.15) is 0 Å². The minimum absolute atomic E-state index is 0.162. The van der Waals surface area contributed by atoms with Gasteiger partial charge in [0.05, 0.1) is 15.8 Å². The predicted octanol–water partition coefficient (Wildman–Crippen LogP) is 5.54. The molecule has 1 heterocycles. The minimum Gasteiger partial charge on any atom is -0.486 e. The summed E-state index contributed by atoms with van der Waals surface area (Å²) in [6.45, 7) is 4.56. The van der Waals surface area contributed by atoms with E-state index in [2.05, 4.69) is 34.3 Å². The van der Waals surface area contributed by atoms with Gasteiger partial charge in [0, 0.05) is 5.69 Å². The first-order valence-electron chi connectivity index (χ1n) is 8.92. The van der Waals surface area contributed by atoms with Crippen LogP contribution in [0.15, 0.2) is 47.6 Å². The Labute approximate surface area is 183 Å². The smallest absolute Gasteiger partial charge is 0.234 e. The number of carbonyl (C=O) groups is 1. The van der Waals surface area contributed by atoms with Crippen LogP contribution in [0.2, 0.25) is 10.0 Å². The standard InChI is InChI=1S/C20H20Cl2N4O2S/c1-12(2)13-3-6-15(7-4-13)28-10-18-24-20(26-25-18)29-11-19(27)23-14-5-8-16(21)17(22)9-14/h3-9,12H,10-11H2,1-2H3,(H,23,27)(H,24,25,26). The van der Waals surface area contributed by atoms with E-state index in [4.69, 9.17) is 27.9 Å². The summed E-state index contributed by atoms with van der Waals surface area (Å²) in [6, 6.07) is 12.9. The molecule has 3 rings (SSSR count). The lowest BCUT2D eigenvalue weighted by molar-refractivity contribution is -0.113. The van der Waals surface area contributed by atoms with Gasteiger partial charge in [0.2, 0.25) is 11.1 Å². The molecule has 0 aliphatic heterocycles. The van der Waals surface area contributed by atoms with Gasteiger partial charge in [0.1, 0.15) is 12.4 Å². The summed E-state index contributed by atoms with van der Waals surface area (Å²) in [7, 11) is 0. The fourth-order valence-corrected chi connectivity index (χ4v) is 3.32. The van der Waals surface area contributed by atoms with Gasteiger partial charge in [0.25, 0.3) is 0 Å². The van der Waals surface area contributed by atoms with Crippen LogP contribution < -0.4 is 10.1 Å². The molecule has 0 aliphatic rings. The number of aromatic amines is 1. The van der Waals surface area contributed by atoms with Crippen LogP contribution in [0.4, 0.5) is 5.69 Å². The largest absolute Gasteiger partial charge is 0.486 e. The monoisotopic (exact) mass is 450 g/mol.